The van der Waals surface area contributed by atoms with Crippen LogP contribution in [0.25, 0.3) is 0 Å². The molecule has 0 aliphatic rings. The van der Waals surface area contributed by atoms with Gasteiger partial charge in [-0.25, -0.2) is 5.43 Å². The van der Waals surface area contributed by atoms with Gasteiger partial charge in [-0.15, -0.1) is 0 Å². The molecule has 0 unspecified atom stereocenters. The van der Waals surface area contributed by atoms with Crippen molar-refractivity contribution in [2.24, 2.45) is 5.10 Å². The fourth-order valence-electron chi connectivity index (χ4n) is 1.92. The number of rotatable bonds is 7. The van der Waals surface area contributed by atoms with Crippen molar-refractivity contribution in [1.82, 2.24) is 5.43 Å². The van der Waals surface area contributed by atoms with Crippen molar-refractivity contribution in [3.63, 3.8) is 0 Å². The Morgan fingerprint density at radius 3 is 2.58 bits per heavy atom. The number of nitrogens with one attached hydrogen (secondary N) is 1. The summed E-state index contributed by atoms with van der Waals surface area (Å²) in [5, 5.41) is 4.33. The van der Waals surface area contributed by atoms with Gasteiger partial charge in [0, 0.05) is 5.56 Å². The van der Waals surface area contributed by atoms with E-state index in [4.69, 9.17) is 25.8 Å². The summed E-state index contributed by atoms with van der Waals surface area (Å²) in [6, 6.07) is 12.3. The van der Waals surface area contributed by atoms with Gasteiger partial charge in [0.2, 0.25) is 0 Å². The number of para-hydroxylation sites is 2. The van der Waals surface area contributed by atoms with E-state index in [0.717, 1.165) is 0 Å². The average molecular weight is 349 g/mol. The lowest BCUT2D eigenvalue weighted by atomic mass is 10.2. The summed E-state index contributed by atoms with van der Waals surface area (Å²) in [7, 11) is 3.08. The van der Waals surface area contributed by atoms with Crippen LogP contribution in [0.5, 0.6) is 17.2 Å². The first-order chi connectivity index (χ1) is 11.7. The number of hydrazone groups is 1. The number of carbonyl (C=O) groups excluding carboxylic acids is 1. The highest BCUT2D eigenvalue weighted by atomic mass is 35.5. The lowest BCUT2D eigenvalue weighted by Gasteiger charge is -2.09. The molecule has 0 aromatic heterocycles. The van der Waals surface area contributed by atoms with Gasteiger partial charge in [0.25, 0.3) is 5.91 Å². The molecule has 0 radical (unpaired) electrons. The Morgan fingerprint density at radius 2 is 1.88 bits per heavy atom. The second kappa shape index (κ2) is 8.79. The number of ether oxygens (including phenoxy) is 3. The molecular weight excluding hydrogens is 332 g/mol. The molecule has 126 valence electrons. The van der Waals surface area contributed by atoms with Gasteiger partial charge < -0.3 is 14.2 Å². The minimum atomic E-state index is -0.409. The molecule has 0 atom stereocenters. The van der Waals surface area contributed by atoms with Crippen molar-refractivity contribution in [3.05, 3.63) is 53.1 Å². The zero-order chi connectivity index (χ0) is 17.4. The quantitative estimate of drug-likeness (QED) is 0.617. The third-order valence-corrected chi connectivity index (χ3v) is 3.33. The molecule has 2 aromatic rings. The lowest BCUT2D eigenvalue weighted by molar-refractivity contribution is -0.123. The van der Waals surface area contributed by atoms with E-state index < -0.39 is 5.91 Å². The highest BCUT2D eigenvalue weighted by molar-refractivity contribution is 6.32. The Balaban J connectivity index is 1.92. The normalized spacial score (nSPS) is 10.5. The molecule has 24 heavy (non-hydrogen) atoms. The first-order valence-corrected chi connectivity index (χ1v) is 7.43. The second-order valence-corrected chi connectivity index (χ2v) is 5.00. The van der Waals surface area contributed by atoms with E-state index in [9.17, 15) is 4.79 Å². The molecule has 1 N–H and O–H groups in total. The maximum absolute atomic E-state index is 11.7. The molecule has 6 nitrogen and oxygen atoms in total. The lowest BCUT2D eigenvalue weighted by Crippen LogP contribution is -2.24. The van der Waals surface area contributed by atoms with Gasteiger partial charge in [-0.1, -0.05) is 29.8 Å². The molecule has 0 fully saturated rings. The van der Waals surface area contributed by atoms with Crippen LogP contribution >= 0.6 is 11.6 Å². The van der Waals surface area contributed by atoms with Crippen molar-refractivity contribution in [2.75, 3.05) is 20.8 Å². The van der Waals surface area contributed by atoms with Gasteiger partial charge >= 0.3 is 0 Å². The van der Waals surface area contributed by atoms with E-state index in [-0.39, 0.29) is 6.61 Å². The predicted molar refractivity (Wildman–Crippen MR) is 92.2 cm³/mol. The van der Waals surface area contributed by atoms with Crippen LogP contribution in [-0.2, 0) is 4.79 Å². The van der Waals surface area contributed by atoms with E-state index in [1.54, 1.807) is 49.6 Å². The highest BCUT2D eigenvalue weighted by Crippen LogP contribution is 2.29. The fraction of sp³-hybridized carbons (Fsp3) is 0.176. The monoisotopic (exact) mass is 348 g/mol. The van der Waals surface area contributed by atoms with Crippen LogP contribution in [0.2, 0.25) is 5.02 Å². The van der Waals surface area contributed by atoms with Gasteiger partial charge in [-0.3, -0.25) is 4.79 Å². The van der Waals surface area contributed by atoms with Crippen molar-refractivity contribution in [1.29, 1.82) is 0 Å². The summed E-state index contributed by atoms with van der Waals surface area (Å²) in [6.07, 6.45) is 1.47. The van der Waals surface area contributed by atoms with Crippen molar-refractivity contribution in [2.45, 2.75) is 0 Å². The van der Waals surface area contributed by atoms with Gasteiger partial charge in [-0.2, -0.15) is 5.10 Å². The molecule has 0 heterocycles. The van der Waals surface area contributed by atoms with Crippen LogP contribution in [0, 0.1) is 0 Å². The Morgan fingerprint density at radius 1 is 1.12 bits per heavy atom. The number of benzene rings is 2. The number of halogens is 1. The maximum Gasteiger partial charge on any atom is 0.277 e. The standard InChI is InChI=1S/C17H17ClN2O4/c1-22-15-9-5-6-12(17(15)23-2)10-19-20-16(21)11-24-14-8-4-3-7-13(14)18/h3-10H,11H2,1-2H3,(H,20,21). The molecule has 0 bridgehead atoms. The zero-order valence-electron chi connectivity index (χ0n) is 13.3. The molecule has 2 rings (SSSR count). The maximum atomic E-state index is 11.7. The Hall–Kier alpha value is -2.73. The largest absolute Gasteiger partial charge is 0.493 e. The van der Waals surface area contributed by atoms with Crippen LogP contribution in [0.1, 0.15) is 5.56 Å². The molecule has 1 amide bonds. The van der Waals surface area contributed by atoms with E-state index in [1.165, 1.54) is 13.3 Å². The molecule has 0 aliphatic carbocycles. The SMILES string of the molecule is COc1cccc(C=NNC(=O)COc2ccccc2Cl)c1OC. The van der Waals surface area contributed by atoms with E-state index in [1.807, 2.05) is 0 Å². The summed E-state index contributed by atoms with van der Waals surface area (Å²) in [5.41, 5.74) is 3.05. The van der Waals surface area contributed by atoms with Crippen molar-refractivity contribution < 1.29 is 19.0 Å². The summed E-state index contributed by atoms with van der Waals surface area (Å²) in [6.45, 7) is -0.198. The minimum absolute atomic E-state index is 0.198. The van der Waals surface area contributed by atoms with Gasteiger partial charge in [0.15, 0.2) is 18.1 Å². The molecule has 0 saturated carbocycles. The van der Waals surface area contributed by atoms with Crippen LogP contribution in [0.3, 0.4) is 0 Å². The van der Waals surface area contributed by atoms with E-state index in [2.05, 4.69) is 10.5 Å². The molecule has 0 spiro atoms. The molecule has 0 aliphatic heterocycles. The van der Waals surface area contributed by atoms with Crippen LogP contribution < -0.4 is 19.6 Å². The third kappa shape index (κ3) is 4.63. The molecule has 7 heteroatoms. The fourth-order valence-corrected chi connectivity index (χ4v) is 2.12. The Kier molecular flexibility index (Phi) is 6.45. The summed E-state index contributed by atoms with van der Waals surface area (Å²) in [5.74, 6) is 1.14. The minimum Gasteiger partial charge on any atom is -0.493 e. The molecular formula is C17H17ClN2O4. The van der Waals surface area contributed by atoms with Crippen LogP contribution in [-0.4, -0.2) is 32.9 Å². The summed E-state index contributed by atoms with van der Waals surface area (Å²) < 4.78 is 15.8. The predicted octanol–water partition coefficient (Wildman–Crippen LogP) is 2.89. The number of nitrogens with zero attached hydrogens (tertiary/aromatic N) is 1. The van der Waals surface area contributed by atoms with Crippen LogP contribution in [0.15, 0.2) is 47.6 Å². The topological polar surface area (TPSA) is 69.2 Å². The summed E-state index contributed by atoms with van der Waals surface area (Å²) >= 11 is 5.94. The van der Waals surface area contributed by atoms with E-state index >= 15 is 0 Å². The van der Waals surface area contributed by atoms with Crippen molar-refractivity contribution >= 4 is 23.7 Å². The van der Waals surface area contributed by atoms with Gasteiger partial charge in [0.05, 0.1) is 25.5 Å². The molecule has 0 saturated heterocycles. The van der Waals surface area contributed by atoms with Crippen molar-refractivity contribution in [3.8, 4) is 17.2 Å². The first kappa shape index (κ1) is 17.6. The van der Waals surface area contributed by atoms with E-state index in [0.29, 0.717) is 27.8 Å². The zero-order valence-corrected chi connectivity index (χ0v) is 14.0. The van der Waals surface area contributed by atoms with Gasteiger partial charge in [-0.05, 0) is 24.3 Å². The Bertz CT molecular complexity index is 734. The number of hydrogen-bond donors (Lipinski definition) is 1. The smallest absolute Gasteiger partial charge is 0.277 e. The number of carbonyl (C=O) groups is 1. The van der Waals surface area contributed by atoms with Crippen LogP contribution in [0.4, 0.5) is 0 Å². The summed E-state index contributed by atoms with van der Waals surface area (Å²) in [4.78, 5) is 11.7. The number of amides is 1. The Labute approximate surface area is 145 Å². The number of methoxy groups -OCH3 is 2. The van der Waals surface area contributed by atoms with Gasteiger partial charge in [0.1, 0.15) is 5.75 Å². The molecule has 2 aromatic carbocycles. The average Bonchev–Trinajstić information content (AvgIpc) is 2.60. The number of hydrogen-bond acceptors (Lipinski definition) is 5. The first-order valence-electron chi connectivity index (χ1n) is 7.06. The highest BCUT2D eigenvalue weighted by Gasteiger charge is 2.08. The third-order valence-electron chi connectivity index (χ3n) is 3.02. The second-order valence-electron chi connectivity index (χ2n) is 4.60.